The van der Waals surface area contributed by atoms with Crippen molar-refractivity contribution in [1.29, 1.82) is 0 Å². The quantitative estimate of drug-likeness (QED) is 0.819. The standard InChI is InChI=1S/C11H12FNO4/c1-17-5-4-10(14)13-7-2-3-9(12)8(6-7)11(15)16/h2-3,6H,4-5H2,1H3,(H,13,14)(H,15,16). The van der Waals surface area contributed by atoms with Gasteiger partial charge in [0.2, 0.25) is 5.91 Å². The van der Waals surface area contributed by atoms with Gasteiger partial charge in [-0.3, -0.25) is 4.79 Å². The van der Waals surface area contributed by atoms with E-state index in [2.05, 4.69) is 5.32 Å². The summed E-state index contributed by atoms with van der Waals surface area (Å²) in [4.78, 5) is 22.0. The fourth-order valence-electron chi connectivity index (χ4n) is 1.19. The first kappa shape index (κ1) is 13.1. The third kappa shape index (κ3) is 3.84. The van der Waals surface area contributed by atoms with Crippen molar-refractivity contribution in [2.45, 2.75) is 6.42 Å². The van der Waals surface area contributed by atoms with E-state index in [1.807, 2.05) is 0 Å². The van der Waals surface area contributed by atoms with E-state index in [9.17, 15) is 14.0 Å². The van der Waals surface area contributed by atoms with E-state index in [0.717, 1.165) is 12.1 Å². The van der Waals surface area contributed by atoms with Gasteiger partial charge in [-0.15, -0.1) is 0 Å². The molecule has 1 aromatic rings. The van der Waals surface area contributed by atoms with Gasteiger partial charge in [0.25, 0.3) is 0 Å². The molecule has 0 spiro atoms. The van der Waals surface area contributed by atoms with Crippen LogP contribution in [0, 0.1) is 5.82 Å². The number of hydrogen-bond acceptors (Lipinski definition) is 3. The van der Waals surface area contributed by atoms with Crippen LogP contribution in [0.25, 0.3) is 0 Å². The van der Waals surface area contributed by atoms with Crippen molar-refractivity contribution in [2.75, 3.05) is 19.0 Å². The van der Waals surface area contributed by atoms with Crippen LogP contribution >= 0.6 is 0 Å². The van der Waals surface area contributed by atoms with Crippen LogP contribution in [-0.2, 0) is 9.53 Å². The summed E-state index contributed by atoms with van der Waals surface area (Å²) < 4.78 is 17.8. The number of benzene rings is 1. The molecule has 0 atom stereocenters. The van der Waals surface area contributed by atoms with Crippen molar-refractivity contribution >= 4 is 17.6 Å². The van der Waals surface area contributed by atoms with E-state index in [4.69, 9.17) is 9.84 Å². The second kappa shape index (κ2) is 5.95. The average Bonchev–Trinajstić information content (AvgIpc) is 2.28. The lowest BCUT2D eigenvalue weighted by molar-refractivity contribution is -0.117. The number of ether oxygens (including phenoxy) is 1. The smallest absolute Gasteiger partial charge is 0.338 e. The predicted molar refractivity (Wildman–Crippen MR) is 58.5 cm³/mol. The first-order valence-electron chi connectivity index (χ1n) is 4.86. The highest BCUT2D eigenvalue weighted by molar-refractivity contribution is 5.94. The molecule has 0 heterocycles. The highest BCUT2D eigenvalue weighted by Gasteiger charge is 2.11. The molecule has 0 saturated heterocycles. The Morgan fingerprint density at radius 1 is 1.47 bits per heavy atom. The largest absolute Gasteiger partial charge is 0.478 e. The van der Waals surface area contributed by atoms with E-state index >= 15 is 0 Å². The lowest BCUT2D eigenvalue weighted by atomic mass is 10.2. The molecule has 0 saturated carbocycles. The van der Waals surface area contributed by atoms with E-state index in [1.54, 1.807) is 0 Å². The Hall–Kier alpha value is -1.95. The summed E-state index contributed by atoms with van der Waals surface area (Å²) in [7, 11) is 1.47. The van der Waals surface area contributed by atoms with Gasteiger partial charge in [0.05, 0.1) is 18.6 Å². The monoisotopic (exact) mass is 241 g/mol. The van der Waals surface area contributed by atoms with Gasteiger partial charge in [-0.25, -0.2) is 9.18 Å². The molecule has 1 amide bonds. The molecule has 17 heavy (non-hydrogen) atoms. The molecule has 0 unspecified atom stereocenters. The number of anilines is 1. The van der Waals surface area contributed by atoms with Crippen molar-refractivity contribution in [1.82, 2.24) is 0 Å². The van der Waals surface area contributed by atoms with E-state index < -0.39 is 17.3 Å². The molecule has 6 heteroatoms. The Bertz CT molecular complexity index is 433. The maximum absolute atomic E-state index is 13.0. The molecule has 0 fully saturated rings. The van der Waals surface area contributed by atoms with Gasteiger partial charge < -0.3 is 15.2 Å². The van der Waals surface area contributed by atoms with Gasteiger partial charge in [0.1, 0.15) is 5.82 Å². The van der Waals surface area contributed by atoms with E-state index in [-0.39, 0.29) is 24.6 Å². The number of carboxylic acid groups (broad SMARTS) is 1. The Balaban J connectivity index is 2.75. The summed E-state index contributed by atoms with van der Waals surface area (Å²) in [5.74, 6) is -2.54. The highest BCUT2D eigenvalue weighted by Crippen LogP contribution is 2.15. The lowest BCUT2D eigenvalue weighted by Gasteiger charge is -2.06. The molecule has 0 radical (unpaired) electrons. The highest BCUT2D eigenvalue weighted by atomic mass is 19.1. The van der Waals surface area contributed by atoms with Gasteiger partial charge in [0.15, 0.2) is 0 Å². The molecule has 92 valence electrons. The van der Waals surface area contributed by atoms with Crippen molar-refractivity contribution in [3.05, 3.63) is 29.6 Å². The van der Waals surface area contributed by atoms with Crippen molar-refractivity contribution in [3.8, 4) is 0 Å². The summed E-state index contributed by atoms with van der Waals surface area (Å²) in [6.45, 7) is 0.263. The van der Waals surface area contributed by atoms with Crippen LogP contribution in [0.1, 0.15) is 16.8 Å². The van der Waals surface area contributed by atoms with Crippen LogP contribution in [0.2, 0.25) is 0 Å². The fraction of sp³-hybridized carbons (Fsp3) is 0.273. The van der Waals surface area contributed by atoms with E-state index in [1.165, 1.54) is 13.2 Å². The number of halogens is 1. The molecule has 0 aromatic heterocycles. The average molecular weight is 241 g/mol. The third-order valence-corrected chi connectivity index (χ3v) is 2.01. The van der Waals surface area contributed by atoms with Crippen molar-refractivity contribution in [3.63, 3.8) is 0 Å². The van der Waals surface area contributed by atoms with Gasteiger partial charge in [-0.1, -0.05) is 0 Å². The molecule has 1 rings (SSSR count). The zero-order chi connectivity index (χ0) is 12.8. The molecule has 0 aliphatic rings. The summed E-state index contributed by atoms with van der Waals surface area (Å²) in [5.41, 5.74) is -0.237. The van der Waals surface area contributed by atoms with Gasteiger partial charge in [0, 0.05) is 12.8 Å². The van der Waals surface area contributed by atoms with E-state index in [0.29, 0.717) is 0 Å². The molecule has 0 bridgehead atoms. The molecule has 0 aliphatic carbocycles. The number of carboxylic acids is 1. The molecular formula is C11H12FNO4. The van der Waals surface area contributed by atoms with Gasteiger partial charge in [-0.2, -0.15) is 0 Å². The Kier molecular flexibility index (Phi) is 4.59. The van der Waals surface area contributed by atoms with Crippen molar-refractivity contribution in [2.24, 2.45) is 0 Å². The van der Waals surface area contributed by atoms with Crippen LogP contribution < -0.4 is 5.32 Å². The molecule has 1 aromatic carbocycles. The minimum atomic E-state index is -1.38. The van der Waals surface area contributed by atoms with Gasteiger partial charge in [-0.05, 0) is 18.2 Å². The van der Waals surface area contributed by atoms with Crippen molar-refractivity contribution < 1.29 is 23.8 Å². The number of hydrogen-bond donors (Lipinski definition) is 2. The first-order chi connectivity index (χ1) is 8.04. The van der Waals surface area contributed by atoms with Gasteiger partial charge >= 0.3 is 5.97 Å². The maximum atomic E-state index is 13.0. The minimum absolute atomic E-state index is 0.149. The molecule has 2 N–H and O–H groups in total. The zero-order valence-corrected chi connectivity index (χ0v) is 9.20. The van der Waals surface area contributed by atoms with Crippen LogP contribution in [0.5, 0.6) is 0 Å². The summed E-state index contributed by atoms with van der Waals surface area (Å²) in [6, 6.07) is 3.37. The number of aromatic carboxylic acids is 1. The number of nitrogens with one attached hydrogen (secondary N) is 1. The Labute approximate surface area is 97.2 Å². The lowest BCUT2D eigenvalue weighted by Crippen LogP contribution is -2.14. The minimum Gasteiger partial charge on any atom is -0.478 e. The SMILES string of the molecule is COCCC(=O)Nc1ccc(F)c(C(=O)O)c1. The molecule has 5 nitrogen and oxygen atoms in total. The number of carbonyl (C=O) groups is 2. The number of amides is 1. The summed E-state index contributed by atoms with van der Waals surface area (Å²) in [6.07, 6.45) is 0.149. The normalized spacial score (nSPS) is 10.0. The molecular weight excluding hydrogens is 229 g/mol. The topological polar surface area (TPSA) is 75.6 Å². The second-order valence-corrected chi connectivity index (χ2v) is 3.29. The van der Waals surface area contributed by atoms with Crippen LogP contribution in [0.15, 0.2) is 18.2 Å². The zero-order valence-electron chi connectivity index (χ0n) is 9.20. The first-order valence-corrected chi connectivity index (χ1v) is 4.86. The Morgan fingerprint density at radius 3 is 2.76 bits per heavy atom. The predicted octanol–water partition coefficient (Wildman–Crippen LogP) is 1.50. The Morgan fingerprint density at radius 2 is 2.18 bits per heavy atom. The molecule has 0 aliphatic heterocycles. The van der Waals surface area contributed by atoms with Crippen LogP contribution in [-0.4, -0.2) is 30.7 Å². The number of rotatable bonds is 5. The third-order valence-electron chi connectivity index (χ3n) is 2.01. The van der Waals surface area contributed by atoms with Crippen LogP contribution in [0.4, 0.5) is 10.1 Å². The summed E-state index contributed by atoms with van der Waals surface area (Å²) in [5, 5.41) is 11.1. The van der Waals surface area contributed by atoms with Crippen LogP contribution in [0.3, 0.4) is 0 Å². The number of methoxy groups -OCH3 is 1. The number of carbonyl (C=O) groups excluding carboxylic acids is 1. The second-order valence-electron chi connectivity index (χ2n) is 3.29. The summed E-state index contributed by atoms with van der Waals surface area (Å²) >= 11 is 0. The maximum Gasteiger partial charge on any atom is 0.338 e. The fourth-order valence-corrected chi connectivity index (χ4v) is 1.19.